The molecule has 1 unspecified atom stereocenters. The molecule has 3 rings (SSSR count). The van der Waals surface area contributed by atoms with Gasteiger partial charge < -0.3 is 0 Å². The van der Waals surface area contributed by atoms with Gasteiger partial charge in [-0.2, -0.15) is 0 Å². The van der Waals surface area contributed by atoms with Crippen LogP contribution in [0, 0.1) is 0 Å². The van der Waals surface area contributed by atoms with Crippen LogP contribution in [0.4, 0.5) is 0 Å². The van der Waals surface area contributed by atoms with Gasteiger partial charge in [0.15, 0.2) is 0 Å². The van der Waals surface area contributed by atoms with Crippen LogP contribution in [0.15, 0.2) is 24.3 Å². The van der Waals surface area contributed by atoms with Gasteiger partial charge in [-0.15, -0.1) is 0 Å². The lowest BCUT2D eigenvalue weighted by molar-refractivity contribution is 0.105. The summed E-state index contributed by atoms with van der Waals surface area (Å²) in [6.45, 7) is 1.15. The number of hydrogen-bond acceptors (Lipinski definition) is 1. The van der Waals surface area contributed by atoms with Crippen LogP contribution in [0.5, 0.6) is 0 Å². The van der Waals surface area contributed by atoms with E-state index in [1.807, 2.05) is 0 Å². The minimum atomic E-state index is 0.842. The van der Waals surface area contributed by atoms with Crippen LogP contribution in [-0.2, 0) is 6.54 Å². The van der Waals surface area contributed by atoms with Gasteiger partial charge >= 0.3 is 0 Å². The number of benzene rings is 1. The smallest absolute Gasteiger partial charge is 0.0236 e. The Bertz CT molecular complexity index is 332. The van der Waals surface area contributed by atoms with E-state index in [2.05, 4.69) is 36.2 Å². The van der Waals surface area contributed by atoms with Gasteiger partial charge in [-0.25, -0.2) is 0 Å². The Hall–Kier alpha value is -0.820. The summed E-state index contributed by atoms with van der Waals surface area (Å²) >= 11 is 0. The maximum atomic E-state index is 2.51. The summed E-state index contributed by atoms with van der Waals surface area (Å²) in [4.78, 5) is 2.51. The second-order valence-electron chi connectivity index (χ2n) is 4.37. The van der Waals surface area contributed by atoms with Gasteiger partial charge in [0, 0.05) is 12.6 Å². The van der Waals surface area contributed by atoms with E-state index in [1.165, 1.54) is 12.8 Å². The first-order valence-corrected chi connectivity index (χ1v) is 5.14. The third-order valence-electron chi connectivity index (χ3n) is 3.68. The van der Waals surface area contributed by atoms with Crippen molar-refractivity contribution >= 4 is 0 Å². The summed E-state index contributed by atoms with van der Waals surface area (Å²) in [6.07, 6.45) is 2.79. The van der Waals surface area contributed by atoms with Crippen LogP contribution in [0.2, 0.25) is 0 Å². The van der Waals surface area contributed by atoms with Crippen molar-refractivity contribution < 1.29 is 0 Å². The highest BCUT2D eigenvalue weighted by atomic mass is 15.1. The van der Waals surface area contributed by atoms with E-state index in [-0.39, 0.29) is 0 Å². The molecule has 2 aliphatic rings. The molecule has 1 aliphatic carbocycles. The van der Waals surface area contributed by atoms with E-state index in [0.717, 1.165) is 18.5 Å². The molecule has 1 nitrogen and oxygen atoms in total. The van der Waals surface area contributed by atoms with Crippen molar-refractivity contribution in [2.24, 2.45) is 0 Å². The molecule has 0 N–H and O–H groups in total. The molecule has 0 aromatic heterocycles. The summed E-state index contributed by atoms with van der Waals surface area (Å²) in [6, 6.07) is 9.78. The molecule has 2 atom stereocenters. The second-order valence-corrected chi connectivity index (χ2v) is 4.37. The number of hydrogen-bond donors (Lipinski definition) is 0. The highest BCUT2D eigenvalue weighted by Gasteiger charge is 2.39. The van der Waals surface area contributed by atoms with Crippen molar-refractivity contribution in [2.45, 2.75) is 31.3 Å². The van der Waals surface area contributed by atoms with E-state index in [0.29, 0.717) is 0 Å². The average Bonchev–Trinajstić information content (AvgIpc) is 2.04. The predicted molar refractivity (Wildman–Crippen MR) is 53.7 cm³/mol. The Morgan fingerprint density at radius 1 is 1.23 bits per heavy atom. The Kier molecular flexibility index (Phi) is 1.50. The van der Waals surface area contributed by atoms with Crippen molar-refractivity contribution in [1.29, 1.82) is 0 Å². The molecular weight excluding hydrogens is 158 g/mol. The quantitative estimate of drug-likeness (QED) is 0.582. The minimum absolute atomic E-state index is 0.842. The molecule has 1 heteroatoms. The van der Waals surface area contributed by atoms with E-state index in [9.17, 15) is 0 Å². The third kappa shape index (κ3) is 0.969. The van der Waals surface area contributed by atoms with Crippen LogP contribution < -0.4 is 0 Å². The third-order valence-corrected chi connectivity index (χ3v) is 3.68. The van der Waals surface area contributed by atoms with Crippen molar-refractivity contribution in [1.82, 2.24) is 4.90 Å². The monoisotopic (exact) mass is 173 g/mol. The predicted octanol–water partition coefficient (Wildman–Crippen LogP) is 2.38. The standard InChI is InChI=1S/C12H15N/c1-13-8-9-4-2-3-5-10(9)11-6-7-12(11)13/h2-5,11-12H,6-8H2,1H3/t11-,12?/m1/s1. The first kappa shape index (κ1) is 7.57. The highest BCUT2D eigenvalue weighted by molar-refractivity contribution is 5.35. The van der Waals surface area contributed by atoms with Crippen LogP contribution in [0.1, 0.15) is 29.9 Å². The Balaban J connectivity index is 2.07. The summed E-state index contributed by atoms with van der Waals surface area (Å²) in [5.41, 5.74) is 3.17. The fourth-order valence-electron chi connectivity index (χ4n) is 2.80. The van der Waals surface area contributed by atoms with Crippen LogP contribution >= 0.6 is 0 Å². The number of rotatable bonds is 0. The molecule has 1 fully saturated rings. The second kappa shape index (κ2) is 2.58. The molecule has 0 spiro atoms. The SMILES string of the molecule is CN1Cc2ccccc2[C@H]2CCC21. The van der Waals surface area contributed by atoms with Crippen molar-refractivity contribution in [3.8, 4) is 0 Å². The maximum Gasteiger partial charge on any atom is 0.0236 e. The summed E-state index contributed by atoms with van der Waals surface area (Å²) in [5, 5.41) is 0. The van der Waals surface area contributed by atoms with Gasteiger partial charge in [0.2, 0.25) is 0 Å². The van der Waals surface area contributed by atoms with Gasteiger partial charge in [0.1, 0.15) is 0 Å². The fraction of sp³-hybridized carbons (Fsp3) is 0.500. The maximum absolute atomic E-state index is 2.51. The van der Waals surface area contributed by atoms with Crippen molar-refractivity contribution in [2.75, 3.05) is 7.05 Å². The Morgan fingerprint density at radius 3 is 2.85 bits per heavy atom. The van der Waals surface area contributed by atoms with E-state index >= 15 is 0 Å². The lowest BCUT2D eigenvalue weighted by atomic mass is 9.70. The summed E-state index contributed by atoms with van der Waals surface area (Å²) in [7, 11) is 2.26. The van der Waals surface area contributed by atoms with E-state index in [4.69, 9.17) is 0 Å². The molecule has 13 heavy (non-hydrogen) atoms. The van der Waals surface area contributed by atoms with Crippen LogP contribution in [0.25, 0.3) is 0 Å². The number of likely N-dealkylation sites (N-methyl/N-ethyl adjacent to an activating group) is 1. The molecule has 1 aliphatic heterocycles. The van der Waals surface area contributed by atoms with E-state index < -0.39 is 0 Å². The number of fused-ring (bicyclic) bond motifs is 3. The Morgan fingerprint density at radius 2 is 2.08 bits per heavy atom. The molecule has 0 bridgehead atoms. The van der Waals surface area contributed by atoms with E-state index in [1.54, 1.807) is 11.1 Å². The van der Waals surface area contributed by atoms with Gasteiger partial charge in [-0.05, 0) is 36.9 Å². The Labute approximate surface area is 79.4 Å². The molecule has 0 saturated heterocycles. The molecule has 1 aromatic carbocycles. The molecule has 1 heterocycles. The lowest BCUT2D eigenvalue weighted by Crippen LogP contribution is -2.46. The first-order chi connectivity index (χ1) is 6.36. The topological polar surface area (TPSA) is 3.24 Å². The average molecular weight is 173 g/mol. The minimum Gasteiger partial charge on any atom is -0.299 e. The van der Waals surface area contributed by atoms with Gasteiger partial charge in [0.05, 0.1) is 0 Å². The molecule has 1 saturated carbocycles. The van der Waals surface area contributed by atoms with Gasteiger partial charge in [-0.1, -0.05) is 24.3 Å². The van der Waals surface area contributed by atoms with Gasteiger partial charge in [0.25, 0.3) is 0 Å². The highest BCUT2D eigenvalue weighted by Crippen LogP contribution is 2.44. The van der Waals surface area contributed by atoms with Crippen molar-refractivity contribution in [3.63, 3.8) is 0 Å². The van der Waals surface area contributed by atoms with Crippen LogP contribution in [-0.4, -0.2) is 18.0 Å². The molecule has 68 valence electrons. The van der Waals surface area contributed by atoms with Gasteiger partial charge in [-0.3, -0.25) is 4.90 Å². The number of nitrogens with zero attached hydrogens (tertiary/aromatic N) is 1. The molecule has 0 radical (unpaired) electrons. The lowest BCUT2D eigenvalue weighted by Gasteiger charge is -2.47. The van der Waals surface area contributed by atoms with Crippen LogP contribution in [0.3, 0.4) is 0 Å². The molecular formula is C12H15N. The zero-order chi connectivity index (χ0) is 8.84. The fourth-order valence-corrected chi connectivity index (χ4v) is 2.80. The zero-order valence-electron chi connectivity index (χ0n) is 8.03. The molecule has 1 aromatic rings. The largest absolute Gasteiger partial charge is 0.299 e. The van der Waals surface area contributed by atoms with Crippen molar-refractivity contribution in [3.05, 3.63) is 35.4 Å². The summed E-state index contributed by atoms with van der Waals surface area (Å²) in [5.74, 6) is 0.843. The first-order valence-electron chi connectivity index (χ1n) is 5.14. The normalized spacial score (nSPS) is 31.8. The molecule has 0 amide bonds. The summed E-state index contributed by atoms with van der Waals surface area (Å²) < 4.78 is 0. The zero-order valence-corrected chi connectivity index (χ0v) is 8.03.